The minimum Gasteiger partial charge on any atom is -0.491 e. The zero-order chi connectivity index (χ0) is 20.2. The van der Waals surface area contributed by atoms with Gasteiger partial charge in [-0.25, -0.2) is 0 Å². The van der Waals surface area contributed by atoms with Gasteiger partial charge in [-0.1, -0.05) is 43.0 Å². The fraction of sp³-hybridized carbons (Fsp3) is 0.286. The molecule has 1 aromatic heterocycles. The second-order valence-corrected chi connectivity index (χ2v) is 8.04. The Hall–Kier alpha value is -2.28. The first kappa shape index (κ1) is 19.1. The first-order valence-corrected chi connectivity index (χ1v) is 9.34. The van der Waals surface area contributed by atoms with Gasteiger partial charge >= 0.3 is 0 Å². The van der Waals surface area contributed by atoms with Crippen molar-refractivity contribution in [3.8, 4) is 5.75 Å². The van der Waals surface area contributed by atoms with Crippen LogP contribution in [0, 0.1) is 0 Å². The van der Waals surface area contributed by atoms with Gasteiger partial charge in [-0.15, -0.1) is 0 Å². The quantitative estimate of drug-likeness (QED) is 0.592. The van der Waals surface area contributed by atoms with E-state index < -0.39 is 18.1 Å². The van der Waals surface area contributed by atoms with Gasteiger partial charge in [0.2, 0.25) is 0 Å². The van der Waals surface area contributed by atoms with Crippen LogP contribution in [-0.4, -0.2) is 48.1 Å². The van der Waals surface area contributed by atoms with Crippen LogP contribution in [0.15, 0.2) is 30.3 Å². The zero-order valence-electron chi connectivity index (χ0n) is 15.5. The summed E-state index contributed by atoms with van der Waals surface area (Å²) in [4.78, 5) is 16.7. The number of aliphatic hydroxyl groups is 2. The number of benzene rings is 2. The van der Waals surface area contributed by atoms with Crippen molar-refractivity contribution in [2.45, 2.75) is 25.4 Å². The average molecular weight is 396 g/mol. The van der Waals surface area contributed by atoms with Crippen molar-refractivity contribution in [2.75, 3.05) is 13.2 Å². The van der Waals surface area contributed by atoms with Gasteiger partial charge in [-0.2, -0.15) is 0 Å². The molecule has 0 fully saturated rings. The lowest BCUT2D eigenvalue weighted by atomic mass is 9.70. The maximum Gasteiger partial charge on any atom is 0.195 e. The summed E-state index contributed by atoms with van der Waals surface area (Å²) in [6.07, 6.45) is -1.00. The number of carbonyl (C=O) groups is 1. The van der Waals surface area contributed by atoms with E-state index in [9.17, 15) is 9.90 Å². The molecule has 0 bridgehead atoms. The fourth-order valence-corrected chi connectivity index (χ4v) is 3.98. The number of carbonyl (C=O) groups excluding carboxylic acids is 1. The monoisotopic (exact) mass is 395 g/mol. The van der Waals surface area contributed by atoms with Crippen LogP contribution in [0.2, 0.25) is 5.02 Å². The minimum atomic E-state index is -1.00. The predicted octanol–water partition coefficient (Wildman–Crippen LogP) is 2.22. The van der Waals surface area contributed by atoms with Crippen molar-refractivity contribution in [2.24, 2.45) is 0 Å². The summed E-state index contributed by atoms with van der Waals surface area (Å²) in [5.41, 5.74) is 3.36. The largest absolute Gasteiger partial charge is 0.491 e. The Labute approximate surface area is 168 Å². The molecule has 0 aliphatic heterocycles. The number of fused-ring (bicyclic) bond motifs is 4. The molecule has 1 aliphatic rings. The lowest BCUT2D eigenvalue weighted by Crippen LogP contribution is -2.32. The number of ketones is 1. The predicted molar refractivity (Wildman–Crippen MR) is 109 cm³/mol. The molecule has 7 heteroatoms. The van der Waals surface area contributed by atoms with Crippen molar-refractivity contribution in [3.05, 3.63) is 57.7 Å². The normalized spacial score (nSPS) is 16.0. The molecule has 1 aliphatic carbocycles. The second-order valence-electron chi connectivity index (χ2n) is 7.60. The molecule has 3 N–H and O–H groups in total. The smallest absolute Gasteiger partial charge is 0.195 e. The molecule has 1 heterocycles. The number of halogens is 1. The van der Waals surface area contributed by atoms with Gasteiger partial charge in [0, 0.05) is 32.6 Å². The van der Waals surface area contributed by atoms with Gasteiger partial charge < -0.3 is 19.9 Å². The third-order valence-corrected chi connectivity index (χ3v) is 5.56. The Morgan fingerprint density at radius 2 is 2.04 bits per heavy atom. The number of aliphatic hydroxyl groups excluding tert-OH is 2. The highest BCUT2D eigenvalue weighted by Gasteiger charge is 2.40. The minimum absolute atomic E-state index is 0.0933. The highest BCUT2D eigenvalue weighted by Crippen LogP contribution is 2.44. The summed E-state index contributed by atoms with van der Waals surface area (Å²) in [6, 6.07) is 8.79. The number of aromatic nitrogens is 1. The number of H-pyrrole nitrogens is 1. The molecule has 28 heavy (non-hydrogen) atoms. The summed E-state index contributed by atoms with van der Waals surface area (Å²) in [5.74, 6) is 0.265. The Bertz CT molecular complexity index is 1110. The van der Waals surface area contributed by atoms with Crippen LogP contribution in [0.4, 0.5) is 0 Å². The Morgan fingerprint density at radius 3 is 2.75 bits per heavy atom. The van der Waals surface area contributed by atoms with Crippen LogP contribution >= 0.6 is 11.6 Å². The molecule has 0 amide bonds. The molecule has 2 radical (unpaired) electrons. The summed E-state index contributed by atoms with van der Waals surface area (Å²) >= 11 is 6.12. The van der Waals surface area contributed by atoms with E-state index in [1.54, 1.807) is 18.2 Å². The number of rotatable bonds is 4. The van der Waals surface area contributed by atoms with Gasteiger partial charge in [0.15, 0.2) is 5.78 Å². The molecule has 0 saturated carbocycles. The number of nitrogens with one attached hydrogen (secondary N) is 1. The van der Waals surface area contributed by atoms with Gasteiger partial charge in [-0.3, -0.25) is 4.79 Å². The van der Waals surface area contributed by atoms with Crippen molar-refractivity contribution in [1.82, 2.24) is 4.98 Å². The Kier molecular flexibility index (Phi) is 4.53. The Morgan fingerprint density at radius 1 is 1.29 bits per heavy atom. The third-order valence-electron chi connectivity index (χ3n) is 5.32. The molecular weight excluding hydrogens is 376 g/mol. The second kappa shape index (κ2) is 6.66. The molecule has 0 spiro atoms. The highest BCUT2D eigenvalue weighted by atomic mass is 35.5. The topological polar surface area (TPSA) is 82.5 Å². The molecule has 142 valence electrons. The molecule has 1 atom stereocenters. The van der Waals surface area contributed by atoms with E-state index in [-0.39, 0.29) is 12.4 Å². The fourth-order valence-electron chi connectivity index (χ4n) is 3.81. The van der Waals surface area contributed by atoms with Crippen LogP contribution < -0.4 is 10.2 Å². The van der Waals surface area contributed by atoms with Crippen molar-refractivity contribution in [1.29, 1.82) is 0 Å². The summed E-state index contributed by atoms with van der Waals surface area (Å²) in [6.45, 7) is 3.55. The van der Waals surface area contributed by atoms with Crippen molar-refractivity contribution < 1.29 is 19.7 Å². The number of hydrogen-bond donors (Lipinski definition) is 3. The molecule has 0 unspecified atom stereocenters. The van der Waals surface area contributed by atoms with Gasteiger partial charge in [-0.05, 0) is 23.8 Å². The first-order valence-electron chi connectivity index (χ1n) is 8.96. The first-order chi connectivity index (χ1) is 13.2. The molecular formula is C21H19BClNO4. The molecule has 4 rings (SSSR count). The molecule has 5 nitrogen and oxygen atoms in total. The zero-order valence-corrected chi connectivity index (χ0v) is 16.3. The standard InChI is InChI=1S/C21H19BClNO4/c1-21(2)14-7-17(28-9-11(26)8-25)15(22)6-13(14)19(27)18-12-4-3-10(23)5-16(12)24-20(18)21/h3-7,11,24-26H,8-9H2,1-2H3/t11-/m1/s1. The highest BCUT2D eigenvalue weighted by molar-refractivity contribution is 6.35. The molecule has 0 saturated heterocycles. The number of hydrogen-bond acceptors (Lipinski definition) is 4. The Balaban J connectivity index is 1.87. The van der Waals surface area contributed by atoms with Crippen LogP contribution in [0.1, 0.15) is 41.0 Å². The van der Waals surface area contributed by atoms with E-state index >= 15 is 0 Å². The molecule has 2 aromatic carbocycles. The van der Waals surface area contributed by atoms with Gasteiger partial charge in [0.05, 0.1) is 12.2 Å². The van der Waals surface area contributed by atoms with Crippen molar-refractivity contribution >= 4 is 41.6 Å². The van der Waals surface area contributed by atoms with E-state index in [1.165, 1.54) is 0 Å². The lowest BCUT2D eigenvalue weighted by Gasteiger charge is -2.33. The van der Waals surface area contributed by atoms with Gasteiger partial charge in [0.25, 0.3) is 0 Å². The van der Waals surface area contributed by atoms with Crippen LogP contribution in [0.3, 0.4) is 0 Å². The maximum absolute atomic E-state index is 13.3. The van der Waals surface area contributed by atoms with E-state index in [4.69, 9.17) is 29.3 Å². The third kappa shape index (κ3) is 2.84. The SMILES string of the molecule is [B]c1cc2c(cc1OC[C@H](O)CO)C(C)(C)c1[nH]c3cc(Cl)ccc3c1C2=O. The number of ether oxygens (including phenoxy) is 1. The number of aromatic amines is 1. The van der Waals surface area contributed by atoms with Crippen LogP contribution in [-0.2, 0) is 5.41 Å². The average Bonchev–Trinajstić information content (AvgIpc) is 3.04. The molecule has 3 aromatic rings. The van der Waals surface area contributed by atoms with E-state index in [0.717, 1.165) is 22.2 Å². The van der Waals surface area contributed by atoms with E-state index in [2.05, 4.69) is 4.98 Å². The summed E-state index contributed by atoms with van der Waals surface area (Å²) in [5, 5.41) is 19.9. The summed E-state index contributed by atoms with van der Waals surface area (Å²) < 4.78 is 5.57. The van der Waals surface area contributed by atoms with E-state index in [0.29, 0.717) is 27.4 Å². The van der Waals surface area contributed by atoms with E-state index in [1.807, 2.05) is 26.0 Å². The maximum atomic E-state index is 13.3. The van der Waals surface area contributed by atoms with Gasteiger partial charge in [0.1, 0.15) is 26.3 Å². The summed E-state index contributed by atoms with van der Waals surface area (Å²) in [7, 11) is 6.10. The lowest BCUT2D eigenvalue weighted by molar-refractivity contribution is 0.0539. The van der Waals surface area contributed by atoms with Crippen LogP contribution in [0.25, 0.3) is 10.9 Å². The van der Waals surface area contributed by atoms with Crippen LogP contribution in [0.5, 0.6) is 5.75 Å². The van der Waals surface area contributed by atoms with Crippen molar-refractivity contribution in [3.63, 3.8) is 0 Å².